The van der Waals surface area contributed by atoms with E-state index in [-0.39, 0.29) is 11.4 Å². The molecule has 32 heavy (non-hydrogen) atoms. The van der Waals surface area contributed by atoms with Crippen LogP contribution >= 0.6 is 0 Å². The highest BCUT2D eigenvalue weighted by molar-refractivity contribution is 5.69. The first-order valence-corrected chi connectivity index (χ1v) is 10.3. The van der Waals surface area contributed by atoms with E-state index in [0.717, 1.165) is 25.9 Å². The Bertz CT molecular complexity index is 1070. The summed E-state index contributed by atoms with van der Waals surface area (Å²) >= 11 is 0. The number of benzene rings is 1. The molecule has 1 fully saturated rings. The zero-order valence-corrected chi connectivity index (χ0v) is 17.9. The minimum absolute atomic E-state index is 0.0479. The number of pyridine rings is 1. The first kappa shape index (κ1) is 21.9. The second-order valence-electron chi connectivity index (χ2n) is 8.48. The van der Waals surface area contributed by atoms with E-state index in [1.165, 1.54) is 18.3 Å². The van der Waals surface area contributed by atoms with E-state index < -0.39 is 12.6 Å². The first-order valence-electron chi connectivity index (χ1n) is 10.3. The van der Waals surface area contributed by atoms with Gasteiger partial charge in [-0.2, -0.15) is 18.2 Å². The van der Waals surface area contributed by atoms with Gasteiger partial charge in [0.05, 0.1) is 5.69 Å². The highest BCUT2D eigenvalue weighted by Gasteiger charge is 2.26. The maximum absolute atomic E-state index is 14.4. The highest BCUT2D eigenvalue weighted by Crippen LogP contribution is 2.32. The Morgan fingerprint density at radius 1 is 1.03 bits per heavy atom. The number of halogens is 3. The van der Waals surface area contributed by atoms with Crippen LogP contribution in [0.3, 0.4) is 0 Å². The van der Waals surface area contributed by atoms with Crippen molar-refractivity contribution in [3.63, 3.8) is 0 Å². The van der Waals surface area contributed by atoms with Gasteiger partial charge in [-0.3, -0.25) is 0 Å². The van der Waals surface area contributed by atoms with Crippen molar-refractivity contribution >= 4 is 17.5 Å². The molecular formula is C23H24F3N5O. The molecule has 1 aromatic carbocycles. The molecule has 2 aromatic heterocycles. The molecule has 1 aliphatic heterocycles. The fourth-order valence-corrected chi connectivity index (χ4v) is 3.54. The Labute approximate surface area is 184 Å². The molecular weight excluding hydrogens is 419 g/mol. The number of aromatic nitrogens is 3. The quantitative estimate of drug-likeness (QED) is 0.497. The molecule has 0 spiro atoms. The van der Waals surface area contributed by atoms with Crippen molar-refractivity contribution in [2.45, 2.75) is 33.3 Å². The number of alkyl halides is 2. The second-order valence-corrected chi connectivity index (χ2v) is 8.48. The number of rotatable bonds is 6. The predicted octanol–water partition coefficient (Wildman–Crippen LogP) is 5.65. The monoisotopic (exact) mass is 443 g/mol. The first-order chi connectivity index (χ1) is 15.3. The van der Waals surface area contributed by atoms with Gasteiger partial charge in [-0.05, 0) is 48.1 Å². The number of piperidine rings is 1. The lowest BCUT2D eigenvalue weighted by molar-refractivity contribution is -0.0498. The number of nitrogens with one attached hydrogen (secondary N) is 1. The Hall–Kier alpha value is -3.36. The summed E-state index contributed by atoms with van der Waals surface area (Å²) in [6.07, 6.45) is 5.12. The third kappa shape index (κ3) is 5.27. The predicted molar refractivity (Wildman–Crippen MR) is 117 cm³/mol. The summed E-state index contributed by atoms with van der Waals surface area (Å²) in [5.41, 5.74) is 1.76. The van der Waals surface area contributed by atoms with E-state index in [1.807, 2.05) is 0 Å². The number of ether oxygens (including phenoxy) is 1. The fourth-order valence-electron chi connectivity index (χ4n) is 3.54. The van der Waals surface area contributed by atoms with Crippen LogP contribution in [0.25, 0.3) is 11.1 Å². The lowest BCUT2D eigenvalue weighted by Gasteiger charge is -2.36. The van der Waals surface area contributed by atoms with Gasteiger partial charge >= 0.3 is 6.61 Å². The molecule has 3 heterocycles. The van der Waals surface area contributed by atoms with Crippen molar-refractivity contribution in [3.8, 4) is 16.9 Å². The summed E-state index contributed by atoms with van der Waals surface area (Å²) in [6.45, 7) is 3.36. The van der Waals surface area contributed by atoms with Gasteiger partial charge in [-0.25, -0.2) is 9.97 Å². The van der Waals surface area contributed by atoms with Gasteiger partial charge in [0.1, 0.15) is 11.6 Å². The summed E-state index contributed by atoms with van der Waals surface area (Å²) in [5, 5.41) is 2.98. The fraction of sp³-hybridized carbons (Fsp3) is 0.348. The molecule has 1 aliphatic rings. The summed E-state index contributed by atoms with van der Waals surface area (Å²) in [5.74, 6) is 0.432. The zero-order valence-electron chi connectivity index (χ0n) is 17.9. The number of hydrogen-bond acceptors (Lipinski definition) is 6. The molecule has 168 valence electrons. The van der Waals surface area contributed by atoms with Crippen LogP contribution in [0.4, 0.5) is 30.6 Å². The van der Waals surface area contributed by atoms with E-state index in [4.69, 9.17) is 0 Å². The molecule has 0 saturated carbocycles. The van der Waals surface area contributed by atoms with E-state index in [2.05, 4.69) is 43.8 Å². The molecule has 4 rings (SSSR count). The highest BCUT2D eigenvalue weighted by atomic mass is 19.3. The maximum Gasteiger partial charge on any atom is 0.387 e. The van der Waals surface area contributed by atoms with Gasteiger partial charge in [0.2, 0.25) is 11.9 Å². The number of anilines is 3. The van der Waals surface area contributed by atoms with Gasteiger partial charge in [0, 0.05) is 31.0 Å². The van der Waals surface area contributed by atoms with Gasteiger partial charge in [-0.1, -0.05) is 26.0 Å². The van der Waals surface area contributed by atoms with Crippen LogP contribution in [0.5, 0.6) is 5.75 Å². The van der Waals surface area contributed by atoms with Crippen molar-refractivity contribution in [3.05, 3.63) is 54.7 Å². The molecule has 1 N–H and O–H groups in total. The van der Waals surface area contributed by atoms with Crippen molar-refractivity contribution in [1.82, 2.24) is 15.0 Å². The molecule has 0 aliphatic carbocycles. The van der Waals surface area contributed by atoms with Gasteiger partial charge < -0.3 is 15.0 Å². The van der Waals surface area contributed by atoms with Crippen LogP contribution in [0.1, 0.15) is 26.7 Å². The molecule has 0 bridgehead atoms. The molecule has 9 heteroatoms. The van der Waals surface area contributed by atoms with Gasteiger partial charge in [-0.15, -0.1) is 0 Å². The van der Waals surface area contributed by atoms with Crippen molar-refractivity contribution in [2.75, 3.05) is 23.3 Å². The second kappa shape index (κ2) is 9.02. The van der Waals surface area contributed by atoms with Gasteiger partial charge in [0.15, 0.2) is 0 Å². The molecule has 6 nitrogen and oxygen atoms in total. The van der Waals surface area contributed by atoms with Crippen molar-refractivity contribution in [2.24, 2.45) is 5.41 Å². The lowest BCUT2D eigenvalue weighted by atomic mass is 9.83. The summed E-state index contributed by atoms with van der Waals surface area (Å²) < 4.78 is 43.4. The molecule has 0 unspecified atom stereocenters. The Morgan fingerprint density at radius 3 is 2.44 bits per heavy atom. The normalized spacial score (nSPS) is 15.6. The topological polar surface area (TPSA) is 63.2 Å². The van der Waals surface area contributed by atoms with Crippen LogP contribution in [-0.4, -0.2) is 34.7 Å². The lowest BCUT2D eigenvalue weighted by Crippen LogP contribution is -2.38. The molecule has 0 amide bonds. The Morgan fingerprint density at radius 2 is 1.75 bits per heavy atom. The van der Waals surface area contributed by atoms with E-state index >= 15 is 0 Å². The van der Waals surface area contributed by atoms with Crippen LogP contribution in [0.2, 0.25) is 0 Å². The van der Waals surface area contributed by atoms with E-state index in [9.17, 15) is 13.2 Å². The van der Waals surface area contributed by atoms with Crippen LogP contribution in [0, 0.1) is 11.4 Å². The summed E-state index contributed by atoms with van der Waals surface area (Å²) in [6, 6.07) is 9.33. The standard InChI is InChI=1S/C23H24F3N5O/c1-23(2)8-11-31(12-9-23)22-27-10-7-19(30-22)29-18-13-16(14-28-20(18)24)15-3-5-17(6-4-15)32-21(25)26/h3-7,10,13-14,21H,8-9,11-12H2,1-2H3,(H,27,29,30). The Kier molecular flexibility index (Phi) is 6.16. The third-order valence-electron chi connectivity index (χ3n) is 5.56. The van der Waals surface area contributed by atoms with Gasteiger partial charge in [0.25, 0.3) is 0 Å². The smallest absolute Gasteiger partial charge is 0.387 e. The largest absolute Gasteiger partial charge is 0.435 e. The third-order valence-corrected chi connectivity index (χ3v) is 5.56. The van der Waals surface area contributed by atoms with E-state index in [0.29, 0.717) is 28.3 Å². The summed E-state index contributed by atoms with van der Waals surface area (Å²) in [7, 11) is 0. The minimum Gasteiger partial charge on any atom is -0.435 e. The SMILES string of the molecule is CC1(C)CCN(c2nccc(Nc3cc(-c4ccc(OC(F)F)cc4)cnc3F)n2)CC1. The molecule has 0 radical (unpaired) electrons. The molecule has 3 aromatic rings. The van der Waals surface area contributed by atoms with Crippen molar-refractivity contribution in [1.29, 1.82) is 0 Å². The van der Waals surface area contributed by atoms with E-state index in [1.54, 1.807) is 30.5 Å². The minimum atomic E-state index is -2.89. The number of nitrogens with zero attached hydrogens (tertiary/aromatic N) is 4. The van der Waals surface area contributed by atoms with Crippen LogP contribution < -0.4 is 15.0 Å². The number of hydrogen-bond donors (Lipinski definition) is 1. The molecule has 0 atom stereocenters. The average molecular weight is 443 g/mol. The zero-order chi connectivity index (χ0) is 22.7. The Balaban J connectivity index is 1.51. The van der Waals surface area contributed by atoms with Crippen LogP contribution in [-0.2, 0) is 0 Å². The summed E-state index contributed by atoms with van der Waals surface area (Å²) in [4.78, 5) is 14.9. The maximum atomic E-state index is 14.4. The molecule has 1 saturated heterocycles. The average Bonchev–Trinajstić information content (AvgIpc) is 2.76. The van der Waals surface area contributed by atoms with Crippen LogP contribution in [0.15, 0.2) is 48.8 Å². The van der Waals surface area contributed by atoms with Crippen molar-refractivity contribution < 1.29 is 17.9 Å².